The zero-order valence-electron chi connectivity index (χ0n) is 11.7. The van der Waals surface area contributed by atoms with E-state index in [-0.39, 0.29) is 11.9 Å². The summed E-state index contributed by atoms with van der Waals surface area (Å²) in [5.74, 6) is 1.41. The van der Waals surface area contributed by atoms with Gasteiger partial charge in [0.25, 0.3) is 5.91 Å². The van der Waals surface area contributed by atoms with Gasteiger partial charge in [-0.3, -0.25) is 4.79 Å². The van der Waals surface area contributed by atoms with E-state index in [4.69, 9.17) is 11.6 Å². The number of rotatable bonds is 6. The van der Waals surface area contributed by atoms with E-state index < -0.39 is 0 Å². The zero-order valence-corrected chi connectivity index (χ0v) is 13.3. The lowest BCUT2D eigenvalue weighted by Crippen LogP contribution is -2.38. The molecule has 106 valence electrons. The van der Waals surface area contributed by atoms with Crippen LogP contribution in [0.4, 0.5) is 5.82 Å². The molecule has 4 nitrogen and oxygen atoms in total. The third kappa shape index (κ3) is 4.01. The molecule has 0 bridgehead atoms. The van der Waals surface area contributed by atoms with Crippen LogP contribution in [-0.2, 0) is 0 Å². The minimum atomic E-state index is -0.136. The second kappa shape index (κ2) is 7.60. The van der Waals surface area contributed by atoms with Crippen molar-refractivity contribution in [1.29, 1.82) is 0 Å². The Hall–Kier alpha value is -0.940. The number of thioether (sulfide) groups is 1. The maximum Gasteiger partial charge on any atom is 0.274 e. The molecule has 0 spiro atoms. The van der Waals surface area contributed by atoms with Crippen LogP contribution >= 0.6 is 23.4 Å². The highest BCUT2D eigenvalue weighted by Crippen LogP contribution is 2.20. The van der Waals surface area contributed by atoms with Gasteiger partial charge in [0.1, 0.15) is 11.5 Å². The molecule has 0 saturated heterocycles. The Morgan fingerprint density at radius 3 is 2.79 bits per heavy atom. The lowest BCUT2D eigenvalue weighted by atomic mass is 10.2. The maximum absolute atomic E-state index is 12.5. The molecule has 0 aliphatic rings. The molecular weight excluding hydrogens is 282 g/mol. The van der Waals surface area contributed by atoms with E-state index in [0.29, 0.717) is 16.5 Å². The monoisotopic (exact) mass is 301 g/mol. The average Bonchev–Trinajstić information content (AvgIpc) is 2.43. The van der Waals surface area contributed by atoms with Crippen LogP contribution in [0.2, 0.25) is 5.02 Å². The normalized spacial score (nSPS) is 12.1. The minimum absolute atomic E-state index is 0.136. The molecule has 0 aliphatic heterocycles. The zero-order chi connectivity index (χ0) is 14.4. The summed E-state index contributed by atoms with van der Waals surface area (Å²) in [5, 5.41) is 3.30. The predicted octanol–water partition coefficient (Wildman–Crippen LogP) is 2.99. The van der Waals surface area contributed by atoms with Gasteiger partial charge in [0, 0.05) is 25.9 Å². The number of anilines is 1. The number of aromatic nitrogens is 1. The van der Waals surface area contributed by atoms with Gasteiger partial charge in [-0.1, -0.05) is 18.5 Å². The van der Waals surface area contributed by atoms with Crippen LogP contribution in [0, 0.1) is 0 Å². The molecule has 1 atom stereocenters. The number of nitrogens with one attached hydrogen (secondary N) is 1. The van der Waals surface area contributed by atoms with Crippen molar-refractivity contribution in [3.05, 3.63) is 22.8 Å². The number of hydrogen-bond donors (Lipinski definition) is 1. The summed E-state index contributed by atoms with van der Waals surface area (Å²) in [4.78, 5) is 18.4. The number of carbonyl (C=O) groups is 1. The summed E-state index contributed by atoms with van der Waals surface area (Å²) in [5.41, 5.74) is 0.301. The standard InChI is InChI=1S/C13H20ClN3OS/c1-5-9(8-19-4)17(3)13(18)12-10(14)6-7-11(15-2)16-12/h6-7,9H,5,8H2,1-4H3,(H,15,16). The van der Waals surface area contributed by atoms with Crippen molar-refractivity contribution >= 4 is 35.1 Å². The van der Waals surface area contributed by atoms with Gasteiger partial charge in [-0.15, -0.1) is 0 Å². The van der Waals surface area contributed by atoms with E-state index in [1.807, 2.05) is 6.26 Å². The SMILES string of the molecule is CCC(CSC)N(C)C(=O)c1nc(NC)ccc1Cl. The van der Waals surface area contributed by atoms with E-state index in [0.717, 1.165) is 12.2 Å². The van der Waals surface area contributed by atoms with Crippen LogP contribution < -0.4 is 5.32 Å². The van der Waals surface area contributed by atoms with E-state index in [1.165, 1.54) is 0 Å². The molecule has 0 aliphatic carbocycles. The smallest absolute Gasteiger partial charge is 0.274 e. The predicted molar refractivity (Wildman–Crippen MR) is 83.3 cm³/mol. The molecular formula is C13H20ClN3OS. The van der Waals surface area contributed by atoms with Crippen LogP contribution in [0.25, 0.3) is 0 Å². The largest absolute Gasteiger partial charge is 0.373 e. The van der Waals surface area contributed by atoms with E-state index in [1.54, 1.807) is 42.9 Å². The van der Waals surface area contributed by atoms with E-state index >= 15 is 0 Å². The van der Waals surface area contributed by atoms with Crippen LogP contribution in [0.15, 0.2) is 12.1 Å². The Morgan fingerprint density at radius 1 is 1.58 bits per heavy atom. The summed E-state index contributed by atoms with van der Waals surface area (Å²) < 4.78 is 0. The van der Waals surface area contributed by atoms with Crippen molar-refractivity contribution in [3.8, 4) is 0 Å². The molecule has 0 fully saturated rings. The van der Waals surface area contributed by atoms with Gasteiger partial charge in [-0.25, -0.2) is 4.98 Å². The van der Waals surface area contributed by atoms with Crippen LogP contribution in [-0.4, -0.2) is 47.9 Å². The van der Waals surface area contributed by atoms with Gasteiger partial charge in [0.2, 0.25) is 0 Å². The molecule has 1 heterocycles. The third-order valence-corrected chi connectivity index (χ3v) is 4.03. The summed E-state index contributed by atoms with van der Waals surface area (Å²) >= 11 is 7.80. The van der Waals surface area contributed by atoms with Gasteiger partial charge in [0.15, 0.2) is 0 Å². The van der Waals surface area contributed by atoms with Crippen molar-refractivity contribution in [2.24, 2.45) is 0 Å². The Bertz CT molecular complexity index is 442. The molecule has 0 aromatic carbocycles. The van der Waals surface area contributed by atoms with Crippen LogP contribution in [0.1, 0.15) is 23.8 Å². The molecule has 1 rings (SSSR count). The lowest BCUT2D eigenvalue weighted by Gasteiger charge is -2.26. The Kier molecular flexibility index (Phi) is 6.45. The first kappa shape index (κ1) is 16.1. The third-order valence-electron chi connectivity index (χ3n) is 3.00. The van der Waals surface area contributed by atoms with Gasteiger partial charge >= 0.3 is 0 Å². The fraction of sp³-hybridized carbons (Fsp3) is 0.538. The number of halogens is 1. The molecule has 1 unspecified atom stereocenters. The highest BCUT2D eigenvalue weighted by atomic mass is 35.5. The van der Waals surface area contributed by atoms with Crippen LogP contribution in [0.5, 0.6) is 0 Å². The first-order valence-corrected chi connectivity index (χ1v) is 7.92. The lowest BCUT2D eigenvalue weighted by molar-refractivity contribution is 0.0738. The van der Waals surface area contributed by atoms with Crippen molar-refractivity contribution in [3.63, 3.8) is 0 Å². The maximum atomic E-state index is 12.5. The Balaban J connectivity index is 2.98. The Labute approximate surface area is 123 Å². The topological polar surface area (TPSA) is 45.2 Å². The summed E-state index contributed by atoms with van der Waals surface area (Å²) in [6.45, 7) is 2.07. The second-order valence-electron chi connectivity index (χ2n) is 4.21. The molecule has 1 amide bonds. The molecule has 19 heavy (non-hydrogen) atoms. The highest BCUT2D eigenvalue weighted by Gasteiger charge is 2.22. The second-order valence-corrected chi connectivity index (χ2v) is 5.53. The highest BCUT2D eigenvalue weighted by molar-refractivity contribution is 7.98. The number of nitrogens with zero attached hydrogens (tertiary/aromatic N) is 2. The molecule has 0 radical (unpaired) electrons. The Morgan fingerprint density at radius 2 is 2.26 bits per heavy atom. The van der Waals surface area contributed by atoms with Crippen molar-refractivity contribution in [2.75, 3.05) is 31.4 Å². The molecule has 6 heteroatoms. The summed E-state index contributed by atoms with van der Waals surface area (Å²) in [6.07, 6.45) is 2.94. The quantitative estimate of drug-likeness (QED) is 0.877. The number of amides is 1. The van der Waals surface area contributed by atoms with Gasteiger partial charge in [-0.2, -0.15) is 11.8 Å². The van der Waals surface area contributed by atoms with Gasteiger partial charge in [-0.05, 0) is 24.8 Å². The molecule has 1 N–H and O–H groups in total. The first-order valence-electron chi connectivity index (χ1n) is 6.15. The van der Waals surface area contributed by atoms with Crippen molar-refractivity contribution < 1.29 is 4.79 Å². The fourth-order valence-electron chi connectivity index (χ4n) is 1.76. The minimum Gasteiger partial charge on any atom is -0.373 e. The molecule has 1 aromatic rings. The molecule has 0 saturated carbocycles. The van der Waals surface area contributed by atoms with E-state index in [2.05, 4.69) is 17.2 Å². The number of carbonyl (C=O) groups excluding carboxylic acids is 1. The van der Waals surface area contributed by atoms with Gasteiger partial charge < -0.3 is 10.2 Å². The van der Waals surface area contributed by atoms with Crippen LogP contribution in [0.3, 0.4) is 0 Å². The van der Waals surface area contributed by atoms with E-state index in [9.17, 15) is 4.79 Å². The summed E-state index contributed by atoms with van der Waals surface area (Å²) in [7, 11) is 3.56. The van der Waals surface area contributed by atoms with Crippen molar-refractivity contribution in [1.82, 2.24) is 9.88 Å². The number of hydrogen-bond acceptors (Lipinski definition) is 4. The number of pyridine rings is 1. The van der Waals surface area contributed by atoms with Gasteiger partial charge in [0.05, 0.1) is 5.02 Å². The summed E-state index contributed by atoms with van der Waals surface area (Å²) in [6, 6.07) is 3.63. The molecule has 1 aromatic heterocycles. The average molecular weight is 302 g/mol. The van der Waals surface area contributed by atoms with Crippen molar-refractivity contribution in [2.45, 2.75) is 19.4 Å². The fourth-order valence-corrected chi connectivity index (χ4v) is 2.79. The first-order chi connectivity index (χ1) is 9.04.